The van der Waals surface area contributed by atoms with Gasteiger partial charge < -0.3 is 14.6 Å². The van der Waals surface area contributed by atoms with Gasteiger partial charge in [-0.25, -0.2) is 4.79 Å². The number of fused-ring (bicyclic) bond motifs is 3. The molecule has 1 N–H and O–H groups in total. The summed E-state index contributed by atoms with van der Waals surface area (Å²) in [6.07, 6.45) is 12.5. The molecular formula is C14H14O4. The minimum Gasteiger partial charge on any atom is -0.449 e. The Morgan fingerprint density at radius 2 is 2.11 bits per heavy atom. The molecule has 4 heteroatoms. The van der Waals surface area contributed by atoms with Crippen LogP contribution < -0.4 is 0 Å². The standard InChI is InChI=1S/C14H14O4/c15-14(16)18-10-5-6-13-12(7-10)11-4-2-1-3-9(11)8-17-13/h1-7,9,11-13H,8H2,(H,15,16). The van der Waals surface area contributed by atoms with Crippen molar-refractivity contribution in [2.24, 2.45) is 17.8 Å². The summed E-state index contributed by atoms with van der Waals surface area (Å²) in [5.41, 5.74) is 0. The average Bonchev–Trinajstić information content (AvgIpc) is 2.38. The molecule has 4 unspecified atom stereocenters. The van der Waals surface area contributed by atoms with E-state index in [4.69, 9.17) is 14.6 Å². The van der Waals surface area contributed by atoms with Gasteiger partial charge in [-0.15, -0.1) is 0 Å². The maximum Gasteiger partial charge on any atom is 0.511 e. The second-order valence-corrected chi connectivity index (χ2v) is 4.68. The van der Waals surface area contributed by atoms with E-state index in [-0.39, 0.29) is 12.0 Å². The fourth-order valence-electron chi connectivity index (χ4n) is 2.80. The number of hydrogen-bond donors (Lipinski definition) is 1. The first kappa shape index (κ1) is 11.3. The van der Waals surface area contributed by atoms with Crippen LogP contribution in [-0.4, -0.2) is 24.0 Å². The molecule has 3 aliphatic rings. The van der Waals surface area contributed by atoms with Crippen molar-refractivity contribution in [3.8, 4) is 0 Å². The third kappa shape index (κ3) is 1.99. The van der Waals surface area contributed by atoms with Gasteiger partial charge in [-0.3, -0.25) is 0 Å². The molecule has 0 spiro atoms. The van der Waals surface area contributed by atoms with E-state index in [1.165, 1.54) is 0 Å². The lowest BCUT2D eigenvalue weighted by Gasteiger charge is -2.40. The summed E-state index contributed by atoms with van der Waals surface area (Å²) in [5, 5.41) is 8.64. The quantitative estimate of drug-likeness (QED) is 0.722. The number of rotatable bonds is 1. The average molecular weight is 246 g/mol. The first-order valence-corrected chi connectivity index (χ1v) is 6.01. The lowest BCUT2D eigenvalue weighted by Crippen LogP contribution is -2.40. The highest BCUT2D eigenvalue weighted by Crippen LogP contribution is 2.39. The van der Waals surface area contributed by atoms with Crippen molar-refractivity contribution in [3.63, 3.8) is 0 Å². The molecule has 4 nitrogen and oxygen atoms in total. The van der Waals surface area contributed by atoms with E-state index < -0.39 is 6.16 Å². The van der Waals surface area contributed by atoms with Crippen LogP contribution in [0.2, 0.25) is 0 Å². The normalized spacial score (nSPS) is 36.6. The van der Waals surface area contributed by atoms with Crippen LogP contribution in [0.3, 0.4) is 0 Å². The van der Waals surface area contributed by atoms with E-state index in [1.807, 2.05) is 24.3 Å². The number of hydrogen-bond acceptors (Lipinski definition) is 3. The molecule has 0 amide bonds. The highest BCUT2D eigenvalue weighted by atomic mass is 16.7. The van der Waals surface area contributed by atoms with Crippen LogP contribution in [0.5, 0.6) is 0 Å². The van der Waals surface area contributed by atoms with Crippen molar-refractivity contribution in [1.29, 1.82) is 0 Å². The summed E-state index contributed by atoms with van der Waals surface area (Å²) < 4.78 is 10.5. The van der Waals surface area contributed by atoms with Gasteiger partial charge in [0.15, 0.2) is 0 Å². The van der Waals surface area contributed by atoms with Gasteiger partial charge >= 0.3 is 6.16 Å². The summed E-state index contributed by atoms with van der Waals surface area (Å²) in [7, 11) is 0. The Bertz CT molecular complexity index is 472. The van der Waals surface area contributed by atoms with E-state index in [2.05, 4.69) is 12.2 Å². The fraction of sp³-hybridized carbons (Fsp3) is 0.357. The Hall–Kier alpha value is -1.81. The Labute approximate surface area is 105 Å². The Kier molecular flexibility index (Phi) is 2.80. The van der Waals surface area contributed by atoms with Gasteiger partial charge in [-0.2, -0.15) is 0 Å². The number of carbonyl (C=O) groups is 1. The number of ether oxygens (including phenoxy) is 2. The minimum atomic E-state index is -1.28. The summed E-state index contributed by atoms with van der Waals surface area (Å²) in [5.74, 6) is 1.25. The smallest absolute Gasteiger partial charge is 0.449 e. The SMILES string of the molecule is O=C(O)OC1=CC2C(C=C1)OCC1C=CC=CC12. The van der Waals surface area contributed by atoms with Crippen LogP contribution in [0, 0.1) is 17.8 Å². The van der Waals surface area contributed by atoms with Gasteiger partial charge in [-0.1, -0.05) is 30.4 Å². The van der Waals surface area contributed by atoms with E-state index in [0.29, 0.717) is 24.2 Å². The van der Waals surface area contributed by atoms with Gasteiger partial charge in [0.2, 0.25) is 0 Å². The van der Waals surface area contributed by atoms with Gasteiger partial charge in [0.1, 0.15) is 5.76 Å². The molecule has 0 aromatic rings. The molecular weight excluding hydrogens is 232 g/mol. The van der Waals surface area contributed by atoms with Crippen LogP contribution >= 0.6 is 0 Å². The molecule has 18 heavy (non-hydrogen) atoms. The van der Waals surface area contributed by atoms with Gasteiger partial charge in [0, 0.05) is 11.8 Å². The molecule has 1 heterocycles. The Balaban J connectivity index is 1.84. The zero-order chi connectivity index (χ0) is 12.5. The lowest BCUT2D eigenvalue weighted by molar-refractivity contribution is -0.0279. The molecule has 0 aromatic heterocycles. The maximum atomic E-state index is 10.6. The van der Waals surface area contributed by atoms with Gasteiger partial charge in [0.25, 0.3) is 0 Å². The van der Waals surface area contributed by atoms with Crippen LogP contribution in [-0.2, 0) is 9.47 Å². The molecule has 1 fully saturated rings. The predicted molar refractivity (Wildman–Crippen MR) is 64.8 cm³/mol. The molecule has 2 aliphatic carbocycles. The van der Waals surface area contributed by atoms with Gasteiger partial charge in [-0.05, 0) is 18.1 Å². The number of carboxylic acid groups (broad SMARTS) is 1. The summed E-state index contributed by atoms with van der Waals surface area (Å²) >= 11 is 0. The summed E-state index contributed by atoms with van der Waals surface area (Å²) in [6.45, 7) is 0.708. The maximum absolute atomic E-state index is 10.6. The molecule has 0 aromatic carbocycles. The molecule has 1 aliphatic heterocycles. The van der Waals surface area contributed by atoms with Crippen LogP contribution in [0.1, 0.15) is 0 Å². The second kappa shape index (κ2) is 4.46. The third-order valence-corrected chi connectivity index (χ3v) is 3.61. The molecule has 1 saturated heterocycles. The minimum absolute atomic E-state index is 0.0172. The molecule has 0 saturated carbocycles. The van der Waals surface area contributed by atoms with E-state index in [0.717, 1.165) is 0 Å². The van der Waals surface area contributed by atoms with Gasteiger partial charge in [0.05, 0.1) is 12.7 Å². The van der Waals surface area contributed by atoms with Crippen molar-refractivity contribution < 1.29 is 19.4 Å². The molecule has 4 atom stereocenters. The monoisotopic (exact) mass is 246 g/mol. The largest absolute Gasteiger partial charge is 0.511 e. The van der Waals surface area contributed by atoms with Crippen LogP contribution in [0.15, 0.2) is 48.3 Å². The first-order chi connectivity index (χ1) is 8.74. The van der Waals surface area contributed by atoms with Crippen LogP contribution in [0.4, 0.5) is 4.79 Å². The molecule has 94 valence electrons. The highest BCUT2D eigenvalue weighted by molar-refractivity contribution is 5.59. The summed E-state index contributed by atoms with van der Waals surface area (Å²) in [4.78, 5) is 10.6. The van der Waals surface area contributed by atoms with Crippen molar-refractivity contribution in [3.05, 3.63) is 48.3 Å². The fourth-order valence-corrected chi connectivity index (χ4v) is 2.80. The van der Waals surface area contributed by atoms with Crippen molar-refractivity contribution >= 4 is 6.16 Å². The zero-order valence-electron chi connectivity index (χ0n) is 9.73. The van der Waals surface area contributed by atoms with Crippen molar-refractivity contribution in [1.82, 2.24) is 0 Å². The molecule has 0 bridgehead atoms. The first-order valence-electron chi connectivity index (χ1n) is 6.01. The third-order valence-electron chi connectivity index (χ3n) is 3.61. The molecule has 3 rings (SSSR count). The van der Waals surface area contributed by atoms with E-state index in [9.17, 15) is 4.79 Å². The lowest BCUT2D eigenvalue weighted by atomic mass is 9.73. The highest BCUT2D eigenvalue weighted by Gasteiger charge is 2.38. The van der Waals surface area contributed by atoms with E-state index in [1.54, 1.807) is 6.08 Å². The number of allylic oxidation sites excluding steroid dienone is 4. The second-order valence-electron chi connectivity index (χ2n) is 4.68. The zero-order valence-corrected chi connectivity index (χ0v) is 9.73. The summed E-state index contributed by atoms with van der Waals surface area (Å²) in [6, 6.07) is 0. The predicted octanol–water partition coefficient (Wildman–Crippen LogP) is 2.51. The van der Waals surface area contributed by atoms with E-state index >= 15 is 0 Å². The van der Waals surface area contributed by atoms with Crippen LogP contribution in [0.25, 0.3) is 0 Å². The molecule has 0 radical (unpaired) electrons. The van der Waals surface area contributed by atoms with Crippen molar-refractivity contribution in [2.75, 3.05) is 6.61 Å². The topological polar surface area (TPSA) is 55.8 Å². The Morgan fingerprint density at radius 1 is 1.28 bits per heavy atom. The van der Waals surface area contributed by atoms with Crippen molar-refractivity contribution in [2.45, 2.75) is 6.10 Å². The Morgan fingerprint density at radius 3 is 2.94 bits per heavy atom.